The third-order valence-corrected chi connectivity index (χ3v) is 9.01. The summed E-state index contributed by atoms with van der Waals surface area (Å²) in [4.78, 5) is 78.6. The highest BCUT2D eigenvalue weighted by molar-refractivity contribution is 6.37. The number of amides is 5. The summed E-state index contributed by atoms with van der Waals surface area (Å²) in [5.74, 6) is -3.14. The number of rotatable bonds is 12. The van der Waals surface area contributed by atoms with Gasteiger partial charge in [0.1, 0.15) is 24.2 Å². The van der Waals surface area contributed by atoms with Gasteiger partial charge in [-0.15, -0.1) is 0 Å². The zero-order valence-electron chi connectivity index (χ0n) is 25.6. The molecule has 2 aliphatic carbocycles. The number of ether oxygens (including phenoxy) is 1. The zero-order chi connectivity index (χ0) is 31.1. The van der Waals surface area contributed by atoms with Crippen LogP contribution in [0.15, 0.2) is 0 Å². The number of nitrogens with two attached hydrogens (primary N) is 1. The van der Waals surface area contributed by atoms with Crippen LogP contribution in [0.1, 0.15) is 105 Å². The molecule has 3 aliphatic rings. The SMILES string of the molecule is CCC1(C(NC(=O)NCC(=O)OC(C)(C)C)C(=O)N2CCCC2C(=O)NC(CC2CCC2)C(=O)C(N)=O)CCCCC1. The monoisotopic (exact) mass is 591 g/mol. The van der Waals surface area contributed by atoms with E-state index < -0.39 is 58.7 Å². The van der Waals surface area contributed by atoms with Crippen LogP contribution in [0.5, 0.6) is 0 Å². The largest absolute Gasteiger partial charge is 0.459 e. The lowest BCUT2D eigenvalue weighted by Gasteiger charge is -2.44. The number of urea groups is 1. The minimum Gasteiger partial charge on any atom is -0.459 e. The number of nitrogens with zero attached hydrogens (tertiary/aromatic N) is 1. The number of likely N-dealkylation sites (tertiary alicyclic amines) is 1. The molecule has 5 N–H and O–H groups in total. The van der Waals surface area contributed by atoms with Crippen molar-refractivity contribution in [3.05, 3.63) is 0 Å². The van der Waals surface area contributed by atoms with Gasteiger partial charge >= 0.3 is 12.0 Å². The van der Waals surface area contributed by atoms with Crippen molar-refractivity contribution in [1.82, 2.24) is 20.9 Å². The van der Waals surface area contributed by atoms with Gasteiger partial charge in [0.15, 0.2) is 0 Å². The van der Waals surface area contributed by atoms with Crippen LogP contribution in [-0.2, 0) is 28.7 Å². The van der Waals surface area contributed by atoms with E-state index >= 15 is 0 Å². The second-order valence-electron chi connectivity index (χ2n) is 13.1. The van der Waals surface area contributed by atoms with Gasteiger partial charge in [0.25, 0.3) is 5.91 Å². The van der Waals surface area contributed by atoms with Gasteiger partial charge < -0.3 is 31.3 Å². The van der Waals surface area contributed by atoms with Gasteiger partial charge in [-0.25, -0.2) is 4.79 Å². The van der Waals surface area contributed by atoms with E-state index in [-0.39, 0.29) is 18.4 Å². The summed E-state index contributed by atoms with van der Waals surface area (Å²) in [5, 5.41) is 8.09. The summed E-state index contributed by atoms with van der Waals surface area (Å²) in [5.41, 5.74) is 4.06. The van der Waals surface area contributed by atoms with Gasteiger partial charge in [0.2, 0.25) is 17.6 Å². The molecule has 236 valence electrons. The molecule has 3 rings (SSSR count). The summed E-state index contributed by atoms with van der Waals surface area (Å²) in [6.45, 7) is 7.17. The molecule has 3 atom stereocenters. The molecule has 2 saturated carbocycles. The molecule has 0 aromatic carbocycles. The van der Waals surface area contributed by atoms with Crippen molar-refractivity contribution in [2.24, 2.45) is 17.1 Å². The molecule has 1 heterocycles. The van der Waals surface area contributed by atoms with Crippen molar-refractivity contribution in [3.63, 3.8) is 0 Å². The molecule has 0 bridgehead atoms. The molecular formula is C30H49N5O7. The Balaban J connectivity index is 1.76. The first-order chi connectivity index (χ1) is 19.8. The molecule has 0 aromatic heterocycles. The summed E-state index contributed by atoms with van der Waals surface area (Å²) >= 11 is 0. The van der Waals surface area contributed by atoms with E-state index in [2.05, 4.69) is 16.0 Å². The number of esters is 1. The Morgan fingerprint density at radius 3 is 2.17 bits per heavy atom. The Kier molecular flexibility index (Phi) is 11.4. The van der Waals surface area contributed by atoms with Crippen LogP contribution in [0.3, 0.4) is 0 Å². The third kappa shape index (κ3) is 8.67. The minimum atomic E-state index is -1.09. The van der Waals surface area contributed by atoms with Crippen molar-refractivity contribution < 1.29 is 33.5 Å². The number of carbonyl (C=O) groups is 6. The summed E-state index contributed by atoms with van der Waals surface area (Å²) in [6, 6.07) is -3.43. The zero-order valence-corrected chi connectivity index (χ0v) is 25.6. The van der Waals surface area contributed by atoms with Crippen LogP contribution in [-0.4, -0.2) is 77.2 Å². The molecule has 12 nitrogen and oxygen atoms in total. The minimum absolute atomic E-state index is 0.239. The van der Waals surface area contributed by atoms with E-state index in [1.165, 1.54) is 4.90 Å². The van der Waals surface area contributed by atoms with Gasteiger partial charge in [-0.3, -0.25) is 24.0 Å². The van der Waals surface area contributed by atoms with Crippen molar-refractivity contribution in [1.29, 1.82) is 0 Å². The molecule has 5 amide bonds. The molecule has 12 heteroatoms. The molecular weight excluding hydrogens is 542 g/mol. The maximum absolute atomic E-state index is 14.2. The predicted molar refractivity (Wildman–Crippen MR) is 155 cm³/mol. The molecule has 0 radical (unpaired) electrons. The van der Waals surface area contributed by atoms with Crippen LogP contribution >= 0.6 is 0 Å². The average Bonchev–Trinajstić information content (AvgIpc) is 3.40. The topological polar surface area (TPSA) is 177 Å². The third-order valence-electron chi connectivity index (χ3n) is 9.01. The first kappa shape index (κ1) is 33.3. The Morgan fingerprint density at radius 1 is 0.952 bits per heavy atom. The van der Waals surface area contributed by atoms with E-state index in [0.29, 0.717) is 32.2 Å². The molecule has 0 aromatic rings. The van der Waals surface area contributed by atoms with Gasteiger partial charge in [0.05, 0.1) is 6.04 Å². The van der Waals surface area contributed by atoms with E-state index in [4.69, 9.17) is 10.5 Å². The average molecular weight is 592 g/mol. The number of carbonyl (C=O) groups excluding carboxylic acids is 6. The number of primary amides is 1. The molecule has 1 saturated heterocycles. The Bertz CT molecular complexity index is 1030. The second-order valence-corrected chi connectivity index (χ2v) is 13.1. The van der Waals surface area contributed by atoms with Crippen LogP contribution < -0.4 is 21.7 Å². The van der Waals surface area contributed by atoms with Crippen molar-refractivity contribution in [2.75, 3.05) is 13.1 Å². The first-order valence-corrected chi connectivity index (χ1v) is 15.5. The normalized spacial score (nSPS) is 21.8. The summed E-state index contributed by atoms with van der Waals surface area (Å²) in [7, 11) is 0. The van der Waals surface area contributed by atoms with E-state index in [0.717, 1.165) is 51.4 Å². The second kappa shape index (κ2) is 14.3. The maximum Gasteiger partial charge on any atom is 0.325 e. The van der Waals surface area contributed by atoms with Crippen molar-refractivity contribution in [3.8, 4) is 0 Å². The number of hydrogen-bond acceptors (Lipinski definition) is 7. The van der Waals surface area contributed by atoms with Crippen molar-refractivity contribution in [2.45, 2.75) is 128 Å². The maximum atomic E-state index is 14.2. The number of Topliss-reactive ketones (excluding diaryl/α,β-unsaturated/α-hetero) is 1. The highest BCUT2D eigenvalue weighted by Gasteiger charge is 2.48. The van der Waals surface area contributed by atoms with Gasteiger partial charge in [-0.05, 0) is 70.6 Å². The molecule has 42 heavy (non-hydrogen) atoms. The van der Waals surface area contributed by atoms with Crippen LogP contribution in [0, 0.1) is 11.3 Å². The van der Waals surface area contributed by atoms with Gasteiger partial charge in [-0.2, -0.15) is 0 Å². The Morgan fingerprint density at radius 2 is 1.62 bits per heavy atom. The fourth-order valence-corrected chi connectivity index (χ4v) is 6.49. The summed E-state index contributed by atoms with van der Waals surface area (Å²) < 4.78 is 5.26. The highest BCUT2D eigenvalue weighted by atomic mass is 16.6. The van der Waals surface area contributed by atoms with E-state index in [1.807, 2.05) is 6.92 Å². The van der Waals surface area contributed by atoms with Crippen LogP contribution in [0.25, 0.3) is 0 Å². The quantitative estimate of drug-likeness (QED) is 0.198. The van der Waals surface area contributed by atoms with E-state index in [9.17, 15) is 28.8 Å². The smallest absolute Gasteiger partial charge is 0.325 e. The van der Waals surface area contributed by atoms with Crippen molar-refractivity contribution >= 4 is 35.5 Å². The first-order valence-electron chi connectivity index (χ1n) is 15.5. The standard InChI is InChI=1S/C30H49N5O7/c1-5-30(14-7-6-8-15-30)24(34-28(41)32-18-22(36)42-29(2,3)4)27(40)35-16-10-13-21(35)26(39)33-20(23(37)25(31)38)17-19-11-9-12-19/h19-21,24H,5-18H2,1-4H3,(H2,31,38)(H,33,39)(H2,32,34,41). The number of ketones is 1. The molecule has 3 fully saturated rings. The predicted octanol–water partition coefficient (Wildman–Crippen LogP) is 2.08. The highest BCUT2D eigenvalue weighted by Crippen LogP contribution is 2.43. The lowest BCUT2D eigenvalue weighted by molar-refractivity contribution is -0.153. The number of hydrogen-bond donors (Lipinski definition) is 4. The fraction of sp³-hybridized carbons (Fsp3) is 0.800. The molecule has 1 aliphatic heterocycles. The van der Waals surface area contributed by atoms with Gasteiger partial charge in [-0.1, -0.05) is 45.4 Å². The summed E-state index contributed by atoms with van der Waals surface area (Å²) in [6.07, 6.45) is 9.23. The Labute approximate surface area is 248 Å². The number of nitrogens with one attached hydrogen (secondary N) is 3. The van der Waals surface area contributed by atoms with E-state index in [1.54, 1.807) is 20.8 Å². The lowest BCUT2D eigenvalue weighted by Crippen LogP contribution is -2.62. The molecule has 3 unspecified atom stereocenters. The lowest BCUT2D eigenvalue weighted by atomic mass is 9.67. The van der Waals surface area contributed by atoms with Gasteiger partial charge in [0, 0.05) is 6.54 Å². The fourth-order valence-electron chi connectivity index (χ4n) is 6.49. The van der Waals surface area contributed by atoms with Crippen LogP contribution in [0.2, 0.25) is 0 Å². The Hall–Kier alpha value is -3.18. The van der Waals surface area contributed by atoms with Crippen LogP contribution in [0.4, 0.5) is 4.79 Å². The molecule has 0 spiro atoms.